The summed E-state index contributed by atoms with van der Waals surface area (Å²) in [4.78, 5) is 0. The van der Waals surface area contributed by atoms with Gasteiger partial charge in [0.25, 0.3) is 0 Å². The summed E-state index contributed by atoms with van der Waals surface area (Å²) in [5.41, 5.74) is 8.75. The number of ether oxygens (including phenoxy) is 1. The third-order valence-electron chi connectivity index (χ3n) is 7.10. The van der Waals surface area contributed by atoms with Crippen LogP contribution in [0.3, 0.4) is 0 Å². The lowest BCUT2D eigenvalue weighted by atomic mass is 9.66. The molecule has 0 unspecified atom stereocenters. The smallest absolute Gasteiger partial charge is 0.132 e. The number of benzene rings is 5. The van der Waals surface area contributed by atoms with Gasteiger partial charge in [0.1, 0.15) is 11.5 Å². The summed E-state index contributed by atoms with van der Waals surface area (Å²) in [7, 11) is 0. The first-order valence-corrected chi connectivity index (χ1v) is 12.4. The summed E-state index contributed by atoms with van der Waals surface area (Å²) < 4.78 is 7.58. The summed E-state index contributed by atoms with van der Waals surface area (Å²) in [6.45, 7) is 0. The highest BCUT2D eigenvalue weighted by Crippen LogP contribution is 2.62. The largest absolute Gasteiger partial charge is 0.457 e. The molecule has 0 amide bonds. The Bertz CT molecular complexity index is 1570. The van der Waals surface area contributed by atoms with Crippen molar-refractivity contribution in [1.29, 1.82) is 0 Å². The quantitative estimate of drug-likeness (QED) is 0.209. The van der Waals surface area contributed by atoms with E-state index in [1.807, 2.05) is 24.3 Å². The third kappa shape index (κ3) is 2.56. The lowest BCUT2D eigenvalue weighted by Gasteiger charge is -2.39. The number of hydrogen-bond donors (Lipinski definition) is 0. The maximum absolute atomic E-state index is 7.03. The summed E-state index contributed by atoms with van der Waals surface area (Å²) in [6.07, 6.45) is 0. The second-order valence-corrected chi connectivity index (χ2v) is 10.0. The Hall–Kier alpha value is -3.33. The summed E-state index contributed by atoms with van der Waals surface area (Å²) in [6, 6.07) is 38.1. The van der Waals surface area contributed by atoms with Crippen LogP contribution < -0.4 is 4.74 Å². The topological polar surface area (TPSA) is 9.23 Å². The molecule has 1 spiro atoms. The van der Waals surface area contributed by atoms with Gasteiger partial charge in [-0.1, -0.05) is 112 Å². The Morgan fingerprint density at radius 3 is 1.76 bits per heavy atom. The lowest BCUT2D eigenvalue weighted by molar-refractivity contribution is 0.436. The van der Waals surface area contributed by atoms with E-state index in [4.69, 9.17) is 16.3 Å². The van der Waals surface area contributed by atoms with Crippen LogP contribution >= 0.6 is 27.5 Å². The fourth-order valence-electron chi connectivity index (χ4n) is 5.76. The van der Waals surface area contributed by atoms with Gasteiger partial charge in [-0.2, -0.15) is 0 Å². The van der Waals surface area contributed by atoms with Crippen molar-refractivity contribution in [2.45, 2.75) is 5.41 Å². The van der Waals surface area contributed by atoms with E-state index in [-0.39, 0.29) is 0 Å². The minimum atomic E-state index is -0.493. The molecular formula is C31H18BrClO. The number of para-hydroxylation sites is 1. The van der Waals surface area contributed by atoms with Crippen molar-refractivity contribution >= 4 is 27.5 Å². The molecule has 5 aromatic carbocycles. The number of hydrogen-bond acceptors (Lipinski definition) is 1. The van der Waals surface area contributed by atoms with Crippen molar-refractivity contribution in [2.75, 3.05) is 0 Å². The highest BCUT2D eigenvalue weighted by atomic mass is 79.9. The first-order valence-electron chi connectivity index (χ1n) is 11.3. The van der Waals surface area contributed by atoms with Crippen LogP contribution in [-0.2, 0) is 5.41 Å². The molecule has 34 heavy (non-hydrogen) atoms. The van der Waals surface area contributed by atoms with Crippen LogP contribution in [0.2, 0.25) is 5.02 Å². The van der Waals surface area contributed by atoms with Crippen LogP contribution in [0.1, 0.15) is 22.3 Å². The fraction of sp³-hybridized carbons (Fsp3) is 0.0323. The number of fused-ring (bicyclic) bond motifs is 9. The van der Waals surface area contributed by atoms with E-state index in [2.05, 4.69) is 101 Å². The van der Waals surface area contributed by atoms with E-state index < -0.39 is 5.41 Å². The third-order valence-corrected chi connectivity index (χ3v) is 8.10. The molecule has 162 valence electrons. The molecule has 0 atom stereocenters. The molecule has 2 aliphatic rings. The minimum absolute atomic E-state index is 0.493. The first kappa shape index (κ1) is 20.1. The van der Waals surface area contributed by atoms with Gasteiger partial charge >= 0.3 is 0 Å². The van der Waals surface area contributed by atoms with Crippen molar-refractivity contribution in [1.82, 2.24) is 0 Å². The van der Waals surface area contributed by atoms with Crippen LogP contribution in [-0.4, -0.2) is 0 Å². The highest BCUT2D eigenvalue weighted by molar-refractivity contribution is 9.10. The Morgan fingerprint density at radius 1 is 0.529 bits per heavy atom. The standard InChI is InChI=1S/C31H18BrClO/c32-27-15-7-3-11-21(27)22-17-30-26(18-28(22)33)31(25-14-6-8-16-29(25)34-30)23-12-4-1-9-19(23)20-10-2-5-13-24(20)31/h1-18H. The van der Waals surface area contributed by atoms with Crippen LogP contribution in [0.25, 0.3) is 22.3 Å². The average Bonchev–Trinajstić information content (AvgIpc) is 3.16. The monoisotopic (exact) mass is 520 g/mol. The van der Waals surface area contributed by atoms with Gasteiger partial charge in [0.05, 0.1) is 5.41 Å². The Morgan fingerprint density at radius 2 is 1.09 bits per heavy atom. The molecule has 1 aliphatic heterocycles. The van der Waals surface area contributed by atoms with Gasteiger partial charge in [-0.25, -0.2) is 0 Å². The molecule has 3 heteroatoms. The van der Waals surface area contributed by atoms with Gasteiger partial charge in [0.15, 0.2) is 0 Å². The van der Waals surface area contributed by atoms with Gasteiger partial charge in [-0.3, -0.25) is 0 Å². The molecule has 0 fully saturated rings. The zero-order valence-electron chi connectivity index (χ0n) is 18.1. The van der Waals surface area contributed by atoms with E-state index in [0.717, 1.165) is 38.2 Å². The zero-order chi connectivity index (χ0) is 22.9. The van der Waals surface area contributed by atoms with Crippen LogP contribution in [0.5, 0.6) is 11.5 Å². The van der Waals surface area contributed by atoms with E-state index in [1.54, 1.807) is 0 Å². The van der Waals surface area contributed by atoms with E-state index in [0.29, 0.717) is 5.02 Å². The molecular weight excluding hydrogens is 504 g/mol. The first-order chi connectivity index (χ1) is 16.7. The van der Waals surface area contributed by atoms with Crippen molar-refractivity contribution < 1.29 is 4.74 Å². The molecule has 5 aromatic rings. The average molecular weight is 522 g/mol. The lowest BCUT2D eigenvalue weighted by Crippen LogP contribution is -2.32. The second-order valence-electron chi connectivity index (χ2n) is 8.75. The highest BCUT2D eigenvalue weighted by Gasteiger charge is 2.51. The Kier molecular flexibility index (Phi) is 4.33. The molecule has 0 saturated carbocycles. The Labute approximate surface area is 211 Å². The molecule has 1 nitrogen and oxygen atoms in total. The van der Waals surface area contributed by atoms with Gasteiger partial charge in [0.2, 0.25) is 0 Å². The van der Waals surface area contributed by atoms with Crippen molar-refractivity contribution in [2.24, 2.45) is 0 Å². The van der Waals surface area contributed by atoms with Gasteiger partial charge in [0, 0.05) is 26.2 Å². The fourth-order valence-corrected chi connectivity index (χ4v) is 6.53. The summed E-state index contributed by atoms with van der Waals surface area (Å²) >= 11 is 10.7. The Balaban J connectivity index is 1.62. The maximum Gasteiger partial charge on any atom is 0.132 e. The van der Waals surface area contributed by atoms with Gasteiger partial charge in [-0.15, -0.1) is 0 Å². The molecule has 0 N–H and O–H groups in total. The van der Waals surface area contributed by atoms with E-state index >= 15 is 0 Å². The number of rotatable bonds is 1. The summed E-state index contributed by atoms with van der Waals surface area (Å²) in [5.74, 6) is 1.71. The second kappa shape index (κ2) is 7.33. The molecule has 1 aliphatic carbocycles. The number of halogens is 2. The molecule has 7 rings (SSSR count). The van der Waals surface area contributed by atoms with Crippen molar-refractivity contribution in [3.63, 3.8) is 0 Å². The predicted molar refractivity (Wildman–Crippen MR) is 142 cm³/mol. The van der Waals surface area contributed by atoms with Crippen molar-refractivity contribution in [3.05, 3.63) is 141 Å². The molecule has 0 aromatic heterocycles. The molecule has 0 saturated heterocycles. The van der Waals surface area contributed by atoms with Crippen LogP contribution in [0.4, 0.5) is 0 Å². The van der Waals surface area contributed by atoms with E-state index in [9.17, 15) is 0 Å². The predicted octanol–water partition coefficient (Wildman–Crippen LogP) is 9.24. The summed E-state index contributed by atoms with van der Waals surface area (Å²) in [5, 5.41) is 0.704. The SMILES string of the molecule is Clc1cc2c(cc1-c1ccccc1Br)Oc1ccccc1C21c2ccccc2-c2ccccc21. The van der Waals surface area contributed by atoms with Crippen molar-refractivity contribution in [3.8, 4) is 33.8 Å². The van der Waals surface area contributed by atoms with Crippen LogP contribution in [0.15, 0.2) is 114 Å². The minimum Gasteiger partial charge on any atom is -0.457 e. The maximum atomic E-state index is 7.03. The molecule has 0 bridgehead atoms. The normalized spacial score (nSPS) is 14.1. The van der Waals surface area contributed by atoms with Gasteiger partial charge < -0.3 is 4.74 Å². The van der Waals surface area contributed by atoms with E-state index in [1.165, 1.54) is 22.3 Å². The molecule has 0 radical (unpaired) electrons. The molecule has 1 heterocycles. The van der Waals surface area contributed by atoms with Crippen LogP contribution in [0, 0.1) is 0 Å². The van der Waals surface area contributed by atoms with Gasteiger partial charge in [-0.05, 0) is 52.1 Å². The zero-order valence-corrected chi connectivity index (χ0v) is 20.4.